The topological polar surface area (TPSA) is 6.48 Å². The Morgan fingerprint density at radius 3 is 0.790 bits per heavy atom. The molecule has 0 fully saturated rings. The van der Waals surface area contributed by atoms with E-state index < -0.39 is 0 Å². The average Bonchev–Trinajstić information content (AvgIpc) is 3.36. The van der Waals surface area contributed by atoms with E-state index in [0.29, 0.717) is 0 Å². The summed E-state index contributed by atoms with van der Waals surface area (Å²) in [5, 5.41) is 0. The van der Waals surface area contributed by atoms with Gasteiger partial charge in [-0.15, -0.1) is 0 Å². The smallest absolute Gasteiger partial charge is 0.0462 e. The third kappa shape index (κ3) is 8.28. The molecule has 0 unspecified atom stereocenters. The normalized spacial score (nSPS) is 12.1. The summed E-state index contributed by atoms with van der Waals surface area (Å²) in [6.45, 7) is 0. The fourth-order valence-electron chi connectivity index (χ4n) is 8.43. The van der Waals surface area contributed by atoms with Gasteiger partial charge in [-0.3, -0.25) is 0 Å². The van der Waals surface area contributed by atoms with Crippen molar-refractivity contribution in [3.05, 3.63) is 260 Å². The van der Waals surface area contributed by atoms with Gasteiger partial charge in [0.1, 0.15) is 0 Å². The molecule has 10 rings (SSSR count). The standard InChI is InChI=1S/C60H46N2/c1-5-13-45(14-6-1)48-21-23-49(24-22-48)52-29-41-59(42-30-52)62(58-37-27-51(28-38-58)47-17-9-3-10-18-47)60-43-33-54(34-44-60)53-31-39-57(40-32-53)61(55-19-11-4-12-20-55)56-35-25-50(26-36-56)46-15-7-2-8-16-46/h1-2,4-9,11-44H,3,10H2. The molecule has 296 valence electrons. The first kappa shape index (κ1) is 38.3. The van der Waals surface area contributed by atoms with Crippen LogP contribution in [0.3, 0.4) is 0 Å². The number of hydrogen-bond donors (Lipinski definition) is 0. The molecular formula is C60H46N2. The van der Waals surface area contributed by atoms with Crippen molar-refractivity contribution < 1.29 is 0 Å². The van der Waals surface area contributed by atoms with Gasteiger partial charge in [-0.05, 0) is 141 Å². The number of allylic oxidation sites excluding steroid dienone is 4. The quantitative estimate of drug-likeness (QED) is 0.129. The van der Waals surface area contributed by atoms with Crippen LogP contribution in [0, 0.1) is 0 Å². The van der Waals surface area contributed by atoms with Gasteiger partial charge in [0.25, 0.3) is 0 Å². The maximum atomic E-state index is 2.35. The predicted molar refractivity (Wildman–Crippen MR) is 264 cm³/mol. The molecular weight excluding hydrogens is 749 g/mol. The van der Waals surface area contributed by atoms with Crippen LogP contribution in [-0.2, 0) is 0 Å². The second-order valence-electron chi connectivity index (χ2n) is 15.7. The van der Waals surface area contributed by atoms with Crippen LogP contribution < -0.4 is 9.80 Å². The molecule has 0 amide bonds. The number of anilines is 6. The van der Waals surface area contributed by atoms with Crippen molar-refractivity contribution in [3.63, 3.8) is 0 Å². The summed E-state index contributed by atoms with van der Waals surface area (Å²) < 4.78 is 0. The largest absolute Gasteiger partial charge is 0.311 e. The van der Waals surface area contributed by atoms with Crippen molar-refractivity contribution >= 4 is 39.7 Å². The van der Waals surface area contributed by atoms with E-state index in [1.165, 1.54) is 55.6 Å². The van der Waals surface area contributed by atoms with E-state index >= 15 is 0 Å². The maximum absolute atomic E-state index is 2.35. The van der Waals surface area contributed by atoms with Gasteiger partial charge in [0, 0.05) is 34.1 Å². The fourth-order valence-corrected chi connectivity index (χ4v) is 8.43. The number of para-hydroxylation sites is 1. The molecule has 1 aliphatic rings. The molecule has 0 N–H and O–H groups in total. The van der Waals surface area contributed by atoms with E-state index in [4.69, 9.17) is 0 Å². The molecule has 0 radical (unpaired) electrons. The Morgan fingerprint density at radius 2 is 0.484 bits per heavy atom. The minimum atomic E-state index is 1.09. The maximum Gasteiger partial charge on any atom is 0.0462 e. The van der Waals surface area contributed by atoms with Crippen LogP contribution in [0.2, 0.25) is 0 Å². The number of benzene rings is 9. The third-order valence-electron chi connectivity index (χ3n) is 11.7. The Labute approximate surface area is 365 Å². The molecule has 0 saturated carbocycles. The molecule has 0 atom stereocenters. The molecule has 2 heteroatoms. The number of nitrogens with zero attached hydrogens (tertiary/aromatic N) is 2. The highest BCUT2D eigenvalue weighted by Crippen LogP contribution is 2.40. The number of hydrogen-bond acceptors (Lipinski definition) is 2. The lowest BCUT2D eigenvalue weighted by atomic mass is 9.99. The van der Waals surface area contributed by atoms with Gasteiger partial charge in [0.15, 0.2) is 0 Å². The Kier molecular flexibility index (Phi) is 10.9. The summed E-state index contributed by atoms with van der Waals surface area (Å²) in [6, 6.07) is 85.2. The van der Waals surface area contributed by atoms with Crippen LogP contribution in [0.1, 0.15) is 18.4 Å². The zero-order valence-corrected chi connectivity index (χ0v) is 34.6. The summed E-state index contributed by atoms with van der Waals surface area (Å²) in [7, 11) is 0. The molecule has 0 aliphatic heterocycles. The molecule has 62 heavy (non-hydrogen) atoms. The lowest BCUT2D eigenvalue weighted by molar-refractivity contribution is 1.04. The van der Waals surface area contributed by atoms with Crippen molar-refractivity contribution in [1.29, 1.82) is 0 Å². The number of rotatable bonds is 11. The Bertz CT molecular complexity index is 2920. The van der Waals surface area contributed by atoms with Crippen molar-refractivity contribution in [2.75, 3.05) is 9.80 Å². The van der Waals surface area contributed by atoms with E-state index in [1.54, 1.807) is 0 Å². The van der Waals surface area contributed by atoms with Crippen LogP contribution in [0.4, 0.5) is 34.1 Å². The second kappa shape index (κ2) is 17.7. The third-order valence-corrected chi connectivity index (χ3v) is 11.7. The van der Waals surface area contributed by atoms with E-state index in [1.807, 2.05) is 0 Å². The monoisotopic (exact) mass is 794 g/mol. The van der Waals surface area contributed by atoms with E-state index in [2.05, 4.69) is 265 Å². The average molecular weight is 795 g/mol. The van der Waals surface area contributed by atoms with Crippen molar-refractivity contribution in [3.8, 4) is 44.5 Å². The van der Waals surface area contributed by atoms with Crippen LogP contribution in [0.15, 0.2) is 255 Å². The van der Waals surface area contributed by atoms with Crippen molar-refractivity contribution in [2.24, 2.45) is 0 Å². The van der Waals surface area contributed by atoms with Gasteiger partial charge in [-0.25, -0.2) is 0 Å². The summed E-state index contributed by atoms with van der Waals surface area (Å²) in [6.07, 6.45) is 9.05. The lowest BCUT2D eigenvalue weighted by Crippen LogP contribution is -2.10. The molecule has 0 saturated heterocycles. The van der Waals surface area contributed by atoms with E-state index in [-0.39, 0.29) is 0 Å². The van der Waals surface area contributed by atoms with Gasteiger partial charge >= 0.3 is 0 Å². The SMILES string of the molecule is C1=CC(c2ccc(N(c3ccc(-c4ccc(-c5ccccc5)cc4)cc3)c3ccc(-c4ccc(N(c5ccccc5)c5ccc(-c6ccccc6)cc5)cc4)cc3)cc2)=CCC1. The zero-order chi connectivity index (χ0) is 41.5. The molecule has 2 nitrogen and oxygen atoms in total. The van der Waals surface area contributed by atoms with E-state index in [0.717, 1.165) is 47.0 Å². The molecule has 0 bridgehead atoms. The van der Waals surface area contributed by atoms with Crippen molar-refractivity contribution in [1.82, 2.24) is 0 Å². The van der Waals surface area contributed by atoms with Crippen LogP contribution >= 0.6 is 0 Å². The van der Waals surface area contributed by atoms with Crippen LogP contribution in [0.5, 0.6) is 0 Å². The highest BCUT2D eigenvalue weighted by Gasteiger charge is 2.16. The fraction of sp³-hybridized carbons (Fsp3) is 0.0333. The molecule has 0 heterocycles. The first-order valence-electron chi connectivity index (χ1n) is 21.5. The Hall–Kier alpha value is -7.94. The van der Waals surface area contributed by atoms with Gasteiger partial charge in [0.05, 0.1) is 0 Å². The second-order valence-corrected chi connectivity index (χ2v) is 15.7. The Morgan fingerprint density at radius 1 is 0.226 bits per heavy atom. The lowest BCUT2D eigenvalue weighted by Gasteiger charge is -2.26. The van der Waals surface area contributed by atoms with E-state index in [9.17, 15) is 0 Å². The van der Waals surface area contributed by atoms with Crippen LogP contribution in [0.25, 0.3) is 50.1 Å². The molecule has 0 spiro atoms. The first-order valence-corrected chi connectivity index (χ1v) is 21.5. The van der Waals surface area contributed by atoms with Crippen molar-refractivity contribution in [2.45, 2.75) is 12.8 Å². The minimum absolute atomic E-state index is 1.09. The van der Waals surface area contributed by atoms with Crippen LogP contribution in [-0.4, -0.2) is 0 Å². The molecule has 9 aromatic rings. The minimum Gasteiger partial charge on any atom is -0.311 e. The molecule has 1 aliphatic carbocycles. The highest BCUT2D eigenvalue weighted by molar-refractivity contribution is 5.84. The van der Waals surface area contributed by atoms with Gasteiger partial charge in [-0.1, -0.05) is 182 Å². The Balaban J connectivity index is 0.936. The summed E-state index contributed by atoms with van der Waals surface area (Å²) >= 11 is 0. The summed E-state index contributed by atoms with van der Waals surface area (Å²) in [5.74, 6) is 0. The molecule has 9 aromatic carbocycles. The molecule has 0 aromatic heterocycles. The summed E-state index contributed by atoms with van der Waals surface area (Å²) in [5.41, 5.74) is 18.8. The summed E-state index contributed by atoms with van der Waals surface area (Å²) in [4.78, 5) is 4.67. The van der Waals surface area contributed by atoms with Gasteiger partial charge < -0.3 is 9.80 Å². The van der Waals surface area contributed by atoms with Gasteiger partial charge in [0.2, 0.25) is 0 Å². The predicted octanol–water partition coefficient (Wildman–Crippen LogP) is 17.0. The van der Waals surface area contributed by atoms with Gasteiger partial charge in [-0.2, -0.15) is 0 Å². The first-order chi connectivity index (χ1) is 30.7. The highest BCUT2D eigenvalue weighted by atomic mass is 15.1. The zero-order valence-electron chi connectivity index (χ0n) is 34.6.